The third-order valence-electron chi connectivity index (χ3n) is 4.38. The van der Waals surface area contributed by atoms with Gasteiger partial charge in [0.15, 0.2) is 0 Å². The molecule has 0 aromatic heterocycles. The summed E-state index contributed by atoms with van der Waals surface area (Å²) in [6.45, 7) is 8.36. The van der Waals surface area contributed by atoms with E-state index in [9.17, 15) is 0 Å². The van der Waals surface area contributed by atoms with Crippen LogP contribution < -0.4 is 9.64 Å². The number of benzene rings is 2. The van der Waals surface area contributed by atoms with Gasteiger partial charge in [0.1, 0.15) is 31.0 Å². The minimum atomic E-state index is 0.356. The lowest BCUT2D eigenvalue weighted by Gasteiger charge is -2.32. The predicted molar refractivity (Wildman–Crippen MR) is 94.6 cm³/mol. The topological polar surface area (TPSA) is 22.9 Å². The molecular formula is C19H25ClNO2+. The highest BCUT2D eigenvalue weighted by molar-refractivity contribution is 6.35. The average Bonchev–Trinajstić information content (AvgIpc) is 2.53. The van der Waals surface area contributed by atoms with E-state index in [-0.39, 0.29) is 0 Å². The molecule has 1 heterocycles. The third kappa shape index (κ3) is 4.17. The molecule has 2 atom stereocenters. The standard InChI is InChI=1S/C19H24ClNO2/c1-14-12-21(13-15(2)23-14)10-5-11-22-19-9-8-18(20)16-6-3-4-7-17(16)19/h3-4,6-9,14-15H,5,10-13H2,1-2H3/p+1/t14-,15-/m1/s1. The van der Waals surface area contributed by atoms with Gasteiger partial charge in [0.2, 0.25) is 0 Å². The smallest absolute Gasteiger partial charge is 0.127 e. The summed E-state index contributed by atoms with van der Waals surface area (Å²) in [5, 5.41) is 2.91. The molecule has 124 valence electrons. The summed E-state index contributed by atoms with van der Waals surface area (Å²) in [7, 11) is 0. The average molecular weight is 335 g/mol. The maximum atomic E-state index is 6.25. The summed E-state index contributed by atoms with van der Waals surface area (Å²) in [4.78, 5) is 1.61. The van der Waals surface area contributed by atoms with Crippen molar-refractivity contribution in [2.24, 2.45) is 0 Å². The van der Waals surface area contributed by atoms with Crippen molar-refractivity contribution < 1.29 is 14.4 Å². The maximum Gasteiger partial charge on any atom is 0.127 e. The van der Waals surface area contributed by atoms with Crippen molar-refractivity contribution in [3.63, 3.8) is 0 Å². The summed E-state index contributed by atoms with van der Waals surface area (Å²) in [5.41, 5.74) is 0. The van der Waals surface area contributed by atoms with E-state index in [2.05, 4.69) is 19.9 Å². The quantitative estimate of drug-likeness (QED) is 0.850. The van der Waals surface area contributed by atoms with Crippen LogP contribution in [0.5, 0.6) is 5.75 Å². The number of morpholine rings is 1. The zero-order valence-corrected chi connectivity index (χ0v) is 14.6. The van der Waals surface area contributed by atoms with Gasteiger partial charge in [0, 0.05) is 22.2 Å². The van der Waals surface area contributed by atoms with E-state index in [0.29, 0.717) is 12.2 Å². The molecule has 23 heavy (non-hydrogen) atoms. The van der Waals surface area contributed by atoms with Crippen LogP contribution in [0.25, 0.3) is 10.8 Å². The van der Waals surface area contributed by atoms with E-state index >= 15 is 0 Å². The number of fused-ring (bicyclic) bond motifs is 1. The van der Waals surface area contributed by atoms with Crippen molar-refractivity contribution in [1.82, 2.24) is 0 Å². The van der Waals surface area contributed by atoms with E-state index in [1.165, 1.54) is 0 Å². The second kappa shape index (κ2) is 7.52. The first-order chi connectivity index (χ1) is 11.1. The maximum absolute atomic E-state index is 6.25. The molecule has 1 fully saturated rings. The first-order valence-corrected chi connectivity index (χ1v) is 8.80. The molecule has 0 bridgehead atoms. The van der Waals surface area contributed by atoms with Crippen molar-refractivity contribution in [3.8, 4) is 5.75 Å². The molecule has 1 saturated heterocycles. The second-order valence-electron chi connectivity index (χ2n) is 6.46. The van der Waals surface area contributed by atoms with Crippen LogP contribution in [0, 0.1) is 0 Å². The fourth-order valence-corrected chi connectivity index (χ4v) is 3.69. The molecule has 2 aromatic rings. The number of hydrogen-bond donors (Lipinski definition) is 1. The normalized spacial score (nSPS) is 24.7. The van der Waals surface area contributed by atoms with Crippen LogP contribution in [0.15, 0.2) is 36.4 Å². The summed E-state index contributed by atoms with van der Waals surface area (Å²) in [5.74, 6) is 0.920. The van der Waals surface area contributed by atoms with Crippen molar-refractivity contribution >= 4 is 22.4 Å². The Morgan fingerprint density at radius 1 is 1.09 bits per heavy atom. The van der Waals surface area contributed by atoms with Crippen LogP contribution in [0.1, 0.15) is 20.3 Å². The lowest BCUT2D eigenvalue weighted by atomic mass is 10.1. The fraction of sp³-hybridized carbons (Fsp3) is 0.474. The summed E-state index contributed by atoms with van der Waals surface area (Å²) in [6, 6.07) is 12.0. The molecule has 1 aliphatic heterocycles. The van der Waals surface area contributed by atoms with Gasteiger partial charge < -0.3 is 14.4 Å². The minimum absolute atomic E-state index is 0.356. The Bertz CT molecular complexity index is 651. The van der Waals surface area contributed by atoms with E-state index < -0.39 is 0 Å². The SMILES string of the molecule is C[C@@H]1C[NH+](CCCOc2ccc(Cl)c3ccccc23)C[C@@H](C)O1. The van der Waals surface area contributed by atoms with E-state index in [4.69, 9.17) is 21.1 Å². The molecule has 2 aromatic carbocycles. The highest BCUT2D eigenvalue weighted by atomic mass is 35.5. The molecule has 0 unspecified atom stereocenters. The van der Waals surface area contributed by atoms with Crippen molar-refractivity contribution in [2.45, 2.75) is 32.5 Å². The fourth-order valence-electron chi connectivity index (χ4n) is 3.46. The zero-order valence-electron chi connectivity index (χ0n) is 13.8. The van der Waals surface area contributed by atoms with Gasteiger partial charge >= 0.3 is 0 Å². The van der Waals surface area contributed by atoms with Gasteiger partial charge in [0.25, 0.3) is 0 Å². The number of ether oxygens (including phenoxy) is 2. The van der Waals surface area contributed by atoms with E-state index in [1.807, 2.05) is 30.3 Å². The summed E-state index contributed by atoms with van der Waals surface area (Å²) in [6.07, 6.45) is 1.76. The number of rotatable bonds is 5. The first-order valence-electron chi connectivity index (χ1n) is 8.42. The lowest BCUT2D eigenvalue weighted by Crippen LogP contribution is -3.15. The van der Waals surface area contributed by atoms with E-state index in [0.717, 1.165) is 54.2 Å². The molecule has 1 N–H and O–H groups in total. The molecule has 1 aliphatic rings. The Hall–Kier alpha value is -1.29. The Morgan fingerprint density at radius 2 is 1.78 bits per heavy atom. The van der Waals surface area contributed by atoms with Crippen LogP contribution in [-0.4, -0.2) is 38.4 Å². The number of quaternary nitrogens is 1. The molecule has 0 amide bonds. The van der Waals surface area contributed by atoms with E-state index in [1.54, 1.807) is 4.90 Å². The second-order valence-corrected chi connectivity index (χ2v) is 6.87. The van der Waals surface area contributed by atoms with Crippen LogP contribution in [0.4, 0.5) is 0 Å². The Kier molecular flexibility index (Phi) is 5.42. The lowest BCUT2D eigenvalue weighted by molar-refractivity contribution is -0.915. The summed E-state index contributed by atoms with van der Waals surface area (Å²) >= 11 is 6.25. The van der Waals surface area contributed by atoms with Crippen molar-refractivity contribution in [3.05, 3.63) is 41.4 Å². The summed E-state index contributed by atoms with van der Waals surface area (Å²) < 4.78 is 11.8. The molecule has 3 nitrogen and oxygen atoms in total. The zero-order chi connectivity index (χ0) is 16.2. The number of hydrogen-bond acceptors (Lipinski definition) is 2. The van der Waals surface area contributed by atoms with Crippen LogP contribution >= 0.6 is 11.6 Å². The highest BCUT2D eigenvalue weighted by Crippen LogP contribution is 2.31. The molecule has 3 rings (SSSR count). The van der Waals surface area contributed by atoms with Crippen molar-refractivity contribution in [1.29, 1.82) is 0 Å². The number of halogens is 1. The minimum Gasteiger partial charge on any atom is -0.493 e. The van der Waals surface area contributed by atoms with Crippen LogP contribution in [-0.2, 0) is 4.74 Å². The van der Waals surface area contributed by atoms with Gasteiger partial charge in [-0.2, -0.15) is 0 Å². The molecule has 0 aliphatic carbocycles. The third-order valence-corrected chi connectivity index (χ3v) is 4.71. The van der Waals surface area contributed by atoms with Gasteiger partial charge in [-0.3, -0.25) is 0 Å². The Balaban J connectivity index is 1.54. The van der Waals surface area contributed by atoms with Crippen LogP contribution in [0.3, 0.4) is 0 Å². The number of nitrogens with one attached hydrogen (secondary N) is 1. The predicted octanol–water partition coefficient (Wildman–Crippen LogP) is 2.95. The van der Waals surface area contributed by atoms with Gasteiger partial charge in [-0.15, -0.1) is 0 Å². The molecule has 4 heteroatoms. The first kappa shape index (κ1) is 16.6. The Morgan fingerprint density at radius 3 is 2.52 bits per heavy atom. The van der Waals surface area contributed by atoms with Crippen LogP contribution in [0.2, 0.25) is 5.02 Å². The molecule has 0 radical (unpaired) electrons. The monoisotopic (exact) mass is 334 g/mol. The van der Waals surface area contributed by atoms with Gasteiger partial charge in [-0.1, -0.05) is 35.9 Å². The molecule has 0 spiro atoms. The van der Waals surface area contributed by atoms with Crippen molar-refractivity contribution in [2.75, 3.05) is 26.2 Å². The Labute approximate surface area is 143 Å². The largest absolute Gasteiger partial charge is 0.493 e. The van der Waals surface area contributed by atoms with Gasteiger partial charge in [0.05, 0.1) is 13.2 Å². The van der Waals surface area contributed by atoms with Gasteiger partial charge in [-0.25, -0.2) is 0 Å². The highest BCUT2D eigenvalue weighted by Gasteiger charge is 2.24. The molecular weight excluding hydrogens is 310 g/mol. The van der Waals surface area contributed by atoms with Gasteiger partial charge in [-0.05, 0) is 26.0 Å². The molecule has 0 saturated carbocycles.